The summed E-state index contributed by atoms with van der Waals surface area (Å²) < 4.78 is 4.73. The van der Waals surface area contributed by atoms with Crippen molar-refractivity contribution in [2.75, 3.05) is 0 Å². The first-order valence-electron chi connectivity index (χ1n) is 4.26. The predicted octanol–water partition coefficient (Wildman–Crippen LogP) is 0.986. The highest BCUT2D eigenvalue weighted by Crippen LogP contribution is 2.21. The molecule has 0 saturated heterocycles. The summed E-state index contributed by atoms with van der Waals surface area (Å²) in [6, 6.07) is 8.17. The summed E-state index contributed by atoms with van der Waals surface area (Å²) in [4.78, 5) is 24.4. The van der Waals surface area contributed by atoms with Crippen LogP contribution in [0.2, 0.25) is 0 Å². The number of carbonyl (C=O) groups excluding carboxylic acids is 1. The van der Waals surface area contributed by atoms with E-state index < -0.39 is 6.09 Å². The van der Waals surface area contributed by atoms with E-state index in [4.69, 9.17) is 10.5 Å². The zero-order valence-electron chi connectivity index (χ0n) is 7.69. The van der Waals surface area contributed by atoms with Gasteiger partial charge in [0.2, 0.25) is 0 Å². The smallest absolute Gasteiger partial charge is 0.409 e. The second-order valence-corrected chi connectivity index (χ2v) is 2.96. The van der Waals surface area contributed by atoms with Crippen molar-refractivity contribution in [1.29, 1.82) is 0 Å². The Kier molecular flexibility index (Phi) is 2.13. The van der Waals surface area contributed by atoms with Crippen molar-refractivity contribution in [1.82, 2.24) is 4.98 Å². The third-order valence-corrected chi connectivity index (χ3v) is 1.92. The number of H-pyrrole nitrogens is 1. The van der Waals surface area contributed by atoms with E-state index in [1.165, 1.54) is 6.07 Å². The topological polar surface area (TPSA) is 85.2 Å². The maximum absolute atomic E-state index is 11.2. The predicted molar refractivity (Wildman–Crippen MR) is 54.8 cm³/mol. The highest BCUT2D eigenvalue weighted by atomic mass is 16.5. The zero-order valence-corrected chi connectivity index (χ0v) is 7.69. The van der Waals surface area contributed by atoms with Crippen LogP contribution in [0, 0.1) is 0 Å². The van der Waals surface area contributed by atoms with E-state index in [1.54, 1.807) is 24.3 Å². The number of ether oxygens (including phenoxy) is 1. The van der Waals surface area contributed by atoms with Crippen LogP contribution in [0.25, 0.3) is 10.9 Å². The first-order chi connectivity index (χ1) is 7.16. The van der Waals surface area contributed by atoms with E-state index in [1.807, 2.05) is 0 Å². The second-order valence-electron chi connectivity index (χ2n) is 2.96. The van der Waals surface area contributed by atoms with Crippen LogP contribution in [0.15, 0.2) is 35.1 Å². The number of benzene rings is 1. The number of amides is 1. The Morgan fingerprint density at radius 3 is 2.80 bits per heavy atom. The molecule has 0 atom stereocenters. The fourth-order valence-corrected chi connectivity index (χ4v) is 1.37. The molecule has 0 radical (unpaired) electrons. The van der Waals surface area contributed by atoms with Crippen LogP contribution in [-0.2, 0) is 0 Å². The number of carbonyl (C=O) groups is 1. The van der Waals surface area contributed by atoms with Crippen molar-refractivity contribution in [3.63, 3.8) is 0 Å². The van der Waals surface area contributed by atoms with Crippen LogP contribution < -0.4 is 16.0 Å². The summed E-state index contributed by atoms with van der Waals surface area (Å²) >= 11 is 0. The monoisotopic (exact) mass is 204 g/mol. The van der Waals surface area contributed by atoms with Crippen LogP contribution in [0.3, 0.4) is 0 Å². The molecule has 15 heavy (non-hydrogen) atoms. The number of primary amides is 1. The normalized spacial score (nSPS) is 10.1. The number of aromatic amines is 1. The molecule has 1 aromatic carbocycles. The largest absolute Gasteiger partial charge is 0.410 e. The van der Waals surface area contributed by atoms with Gasteiger partial charge >= 0.3 is 6.09 Å². The third kappa shape index (κ3) is 1.80. The van der Waals surface area contributed by atoms with Gasteiger partial charge < -0.3 is 15.5 Å². The first-order valence-corrected chi connectivity index (χ1v) is 4.26. The maximum atomic E-state index is 11.2. The first kappa shape index (κ1) is 9.26. The van der Waals surface area contributed by atoms with Gasteiger partial charge in [0.25, 0.3) is 5.56 Å². The Hall–Kier alpha value is -2.30. The number of pyridine rings is 1. The minimum atomic E-state index is -0.939. The number of nitrogens with two attached hydrogens (primary N) is 1. The van der Waals surface area contributed by atoms with Gasteiger partial charge in [-0.3, -0.25) is 4.79 Å². The van der Waals surface area contributed by atoms with E-state index in [9.17, 15) is 9.59 Å². The van der Waals surface area contributed by atoms with Gasteiger partial charge in [-0.2, -0.15) is 0 Å². The van der Waals surface area contributed by atoms with Crippen LogP contribution in [-0.4, -0.2) is 11.1 Å². The molecule has 0 saturated carbocycles. The molecule has 0 fully saturated rings. The Labute approximate surface area is 84.5 Å². The number of para-hydroxylation sites is 1. The quantitative estimate of drug-likeness (QED) is 0.726. The molecule has 1 aromatic heterocycles. The van der Waals surface area contributed by atoms with Crippen LogP contribution >= 0.6 is 0 Å². The lowest BCUT2D eigenvalue weighted by Gasteiger charge is -2.04. The lowest BCUT2D eigenvalue weighted by atomic mass is 10.2. The highest BCUT2D eigenvalue weighted by molar-refractivity contribution is 5.86. The average molecular weight is 204 g/mol. The molecule has 1 heterocycles. The van der Waals surface area contributed by atoms with Crippen molar-refractivity contribution in [3.8, 4) is 5.75 Å². The molecule has 0 bridgehead atoms. The number of nitrogens with one attached hydrogen (secondary N) is 1. The second kappa shape index (κ2) is 3.45. The number of hydrogen-bond donors (Lipinski definition) is 2. The molecule has 3 N–H and O–H groups in total. The summed E-state index contributed by atoms with van der Waals surface area (Å²) in [5, 5.41) is 0.635. The molecule has 2 rings (SSSR count). The van der Waals surface area contributed by atoms with Gasteiger partial charge in [0.05, 0.1) is 5.52 Å². The van der Waals surface area contributed by atoms with Gasteiger partial charge in [-0.25, -0.2) is 4.79 Å². The molecule has 0 unspecified atom stereocenters. The molecule has 2 aromatic rings. The van der Waals surface area contributed by atoms with Gasteiger partial charge in [0.1, 0.15) is 5.75 Å². The van der Waals surface area contributed by atoms with E-state index in [0.29, 0.717) is 10.9 Å². The molecule has 0 aliphatic heterocycles. The van der Waals surface area contributed by atoms with Crippen LogP contribution in [0.5, 0.6) is 5.75 Å². The Balaban J connectivity index is 2.71. The summed E-state index contributed by atoms with van der Waals surface area (Å²) in [5.41, 5.74) is 5.15. The van der Waals surface area contributed by atoms with E-state index in [-0.39, 0.29) is 11.3 Å². The zero-order chi connectivity index (χ0) is 10.8. The van der Waals surface area contributed by atoms with Gasteiger partial charge in [-0.1, -0.05) is 12.1 Å². The van der Waals surface area contributed by atoms with Crippen LogP contribution in [0.4, 0.5) is 4.79 Å². The SMILES string of the molecule is NC(=O)Oc1cc(=O)[nH]c2ccccc12. The fraction of sp³-hybridized carbons (Fsp3) is 0. The standard InChI is InChI=1S/C10H8N2O3/c11-10(14)15-8-5-9(13)12-7-4-2-1-3-6(7)8/h1-5H,(H2,11,14)(H,12,13). The number of aromatic nitrogens is 1. The molecule has 5 nitrogen and oxygen atoms in total. The van der Waals surface area contributed by atoms with Crippen LogP contribution in [0.1, 0.15) is 0 Å². The molecule has 1 amide bonds. The van der Waals surface area contributed by atoms with E-state index in [2.05, 4.69) is 4.98 Å². The molecule has 76 valence electrons. The summed E-state index contributed by atoms with van der Waals surface area (Å²) in [5.74, 6) is 0.168. The fourth-order valence-electron chi connectivity index (χ4n) is 1.37. The van der Waals surface area contributed by atoms with Crippen molar-refractivity contribution < 1.29 is 9.53 Å². The van der Waals surface area contributed by atoms with Crippen molar-refractivity contribution in [2.45, 2.75) is 0 Å². The van der Waals surface area contributed by atoms with Gasteiger partial charge in [-0.05, 0) is 12.1 Å². The molecular weight excluding hydrogens is 196 g/mol. The molecular formula is C10H8N2O3. The van der Waals surface area contributed by atoms with Gasteiger partial charge in [0, 0.05) is 11.5 Å². The minimum Gasteiger partial charge on any atom is -0.410 e. The number of hydrogen-bond acceptors (Lipinski definition) is 3. The average Bonchev–Trinajstić information content (AvgIpc) is 2.16. The molecule has 0 aliphatic rings. The van der Waals surface area contributed by atoms with Crippen molar-refractivity contribution in [3.05, 3.63) is 40.7 Å². The number of fused-ring (bicyclic) bond motifs is 1. The molecule has 5 heteroatoms. The highest BCUT2D eigenvalue weighted by Gasteiger charge is 2.06. The van der Waals surface area contributed by atoms with Crippen molar-refractivity contribution >= 4 is 17.0 Å². The Morgan fingerprint density at radius 2 is 2.07 bits per heavy atom. The van der Waals surface area contributed by atoms with Gasteiger partial charge in [-0.15, -0.1) is 0 Å². The van der Waals surface area contributed by atoms with Crippen molar-refractivity contribution in [2.24, 2.45) is 5.73 Å². The van der Waals surface area contributed by atoms with Gasteiger partial charge in [0.15, 0.2) is 0 Å². The Morgan fingerprint density at radius 1 is 1.33 bits per heavy atom. The lowest BCUT2D eigenvalue weighted by molar-refractivity contribution is 0.211. The third-order valence-electron chi connectivity index (χ3n) is 1.92. The lowest BCUT2D eigenvalue weighted by Crippen LogP contribution is -2.18. The molecule has 0 aliphatic carbocycles. The minimum absolute atomic E-state index is 0.168. The summed E-state index contributed by atoms with van der Waals surface area (Å²) in [6.45, 7) is 0. The summed E-state index contributed by atoms with van der Waals surface area (Å²) in [6.07, 6.45) is -0.939. The maximum Gasteiger partial charge on any atom is 0.409 e. The number of rotatable bonds is 1. The van der Waals surface area contributed by atoms with E-state index >= 15 is 0 Å². The summed E-state index contributed by atoms with van der Waals surface area (Å²) in [7, 11) is 0. The Bertz CT molecular complexity index is 574. The van der Waals surface area contributed by atoms with E-state index in [0.717, 1.165) is 0 Å². The molecule has 0 spiro atoms.